The summed E-state index contributed by atoms with van der Waals surface area (Å²) in [5.41, 5.74) is 9.55. The van der Waals surface area contributed by atoms with Gasteiger partial charge in [-0.3, -0.25) is 10.2 Å². The van der Waals surface area contributed by atoms with Gasteiger partial charge in [-0.25, -0.2) is 4.98 Å². The van der Waals surface area contributed by atoms with Crippen LogP contribution >= 0.6 is 0 Å². The van der Waals surface area contributed by atoms with Crippen LogP contribution < -0.4 is 5.73 Å². The summed E-state index contributed by atoms with van der Waals surface area (Å²) >= 11 is -1.22. The van der Waals surface area contributed by atoms with E-state index in [1.165, 1.54) is 7.11 Å². The minimum atomic E-state index is -1.22. The van der Waals surface area contributed by atoms with E-state index in [4.69, 9.17) is 11.1 Å². The molecule has 0 saturated carbocycles. The number of aryl methyl sites for hydroxylation is 1. The molecule has 0 saturated heterocycles. The Morgan fingerprint density at radius 2 is 1.93 bits per heavy atom. The number of nitrogens with zero attached hydrogens (tertiary/aromatic N) is 2. The van der Waals surface area contributed by atoms with Crippen molar-refractivity contribution >= 4 is 23.0 Å². The molecule has 3 N–H and O–H groups in total. The second-order valence-corrected chi connectivity index (χ2v) is 7.82. The van der Waals surface area contributed by atoms with Crippen molar-refractivity contribution in [2.75, 3.05) is 13.4 Å². The van der Waals surface area contributed by atoms with E-state index in [9.17, 15) is 9.35 Å². The summed E-state index contributed by atoms with van der Waals surface area (Å²) in [5, 5.41) is 7.49. The fraction of sp³-hybridized carbons (Fsp3) is 0.190. The second kappa shape index (κ2) is 8.93. The minimum absolute atomic E-state index is 0.0189. The zero-order valence-corrected chi connectivity index (χ0v) is 17.0. The maximum Gasteiger partial charge on any atom is 0.305 e. The van der Waals surface area contributed by atoms with Crippen LogP contribution in [0.15, 0.2) is 59.9 Å². The Bertz CT molecular complexity index is 1030. The smallest absolute Gasteiger partial charge is 0.305 e. The highest BCUT2D eigenvalue weighted by molar-refractivity contribution is 7.90. The standard InChI is InChI=1S/C21H22N4O3S/c1-28-20(26)10-8-17-12-25(13-24-17)18-9-7-16(11-19(18)29(2)27)14-3-5-15(6-4-14)21(22)23/h3-7,9,11-13H,8,10H2,1-2H3,(H3,22,23). The predicted octanol–water partition coefficient (Wildman–Crippen LogP) is 2.67. The number of amidine groups is 1. The molecule has 150 valence electrons. The number of nitrogens with one attached hydrogen (secondary N) is 1. The van der Waals surface area contributed by atoms with E-state index in [-0.39, 0.29) is 18.2 Å². The van der Waals surface area contributed by atoms with Crippen LogP contribution in [0.25, 0.3) is 16.8 Å². The summed E-state index contributed by atoms with van der Waals surface area (Å²) in [5.74, 6) is -0.264. The number of carbonyl (C=O) groups is 1. The quantitative estimate of drug-likeness (QED) is 0.269. The van der Waals surface area contributed by atoms with Gasteiger partial charge in [0.25, 0.3) is 0 Å². The van der Waals surface area contributed by atoms with Crippen LogP contribution in [0.1, 0.15) is 17.7 Å². The third-order valence-electron chi connectivity index (χ3n) is 4.53. The number of benzene rings is 2. The molecular formula is C21H22N4O3S. The fourth-order valence-electron chi connectivity index (χ4n) is 2.94. The van der Waals surface area contributed by atoms with Crippen molar-refractivity contribution in [2.24, 2.45) is 5.73 Å². The number of carbonyl (C=O) groups excluding carboxylic acids is 1. The number of aromatic nitrogens is 2. The topological polar surface area (TPSA) is 117 Å². The molecule has 1 unspecified atom stereocenters. The Morgan fingerprint density at radius 1 is 1.24 bits per heavy atom. The van der Waals surface area contributed by atoms with Gasteiger partial charge in [0, 0.05) is 24.2 Å². The third-order valence-corrected chi connectivity index (χ3v) is 5.47. The molecule has 0 radical (unpaired) electrons. The lowest BCUT2D eigenvalue weighted by Gasteiger charge is -2.13. The minimum Gasteiger partial charge on any atom is -0.612 e. The molecule has 8 heteroatoms. The van der Waals surface area contributed by atoms with Gasteiger partial charge < -0.3 is 19.6 Å². The number of hydrogen-bond acceptors (Lipinski definition) is 5. The number of nitrogen functional groups attached to an aromatic ring is 1. The maximum absolute atomic E-state index is 12.4. The zero-order chi connectivity index (χ0) is 21.0. The maximum atomic E-state index is 12.4. The van der Waals surface area contributed by atoms with E-state index in [1.54, 1.807) is 24.7 Å². The van der Waals surface area contributed by atoms with E-state index in [0.29, 0.717) is 16.9 Å². The van der Waals surface area contributed by atoms with Gasteiger partial charge in [0.15, 0.2) is 4.90 Å². The second-order valence-electron chi connectivity index (χ2n) is 6.48. The Balaban J connectivity index is 1.90. The van der Waals surface area contributed by atoms with Crippen LogP contribution in [0.3, 0.4) is 0 Å². The van der Waals surface area contributed by atoms with Crippen molar-refractivity contribution in [1.29, 1.82) is 5.41 Å². The molecular weight excluding hydrogens is 388 g/mol. The first-order chi connectivity index (χ1) is 13.9. The van der Waals surface area contributed by atoms with Gasteiger partial charge >= 0.3 is 5.97 Å². The number of hydrogen-bond donors (Lipinski definition) is 2. The summed E-state index contributed by atoms with van der Waals surface area (Å²) in [6.45, 7) is 0. The Labute approximate surface area is 172 Å². The fourth-order valence-corrected chi connectivity index (χ4v) is 3.70. The van der Waals surface area contributed by atoms with Gasteiger partial charge in [0.05, 0.1) is 25.6 Å². The monoisotopic (exact) mass is 410 g/mol. The summed E-state index contributed by atoms with van der Waals surface area (Å²) < 4.78 is 18.9. The van der Waals surface area contributed by atoms with Gasteiger partial charge in [0.1, 0.15) is 17.8 Å². The number of nitrogens with two attached hydrogens (primary N) is 1. The molecule has 7 nitrogen and oxygen atoms in total. The molecule has 0 fully saturated rings. The first-order valence-electron chi connectivity index (χ1n) is 8.91. The van der Waals surface area contributed by atoms with E-state index in [1.807, 2.05) is 41.1 Å². The normalized spacial score (nSPS) is 11.8. The van der Waals surface area contributed by atoms with Crippen molar-refractivity contribution in [3.05, 3.63) is 66.2 Å². The zero-order valence-electron chi connectivity index (χ0n) is 16.2. The van der Waals surface area contributed by atoms with Crippen LogP contribution in [-0.2, 0) is 27.1 Å². The lowest BCUT2D eigenvalue weighted by Crippen LogP contribution is -2.10. The van der Waals surface area contributed by atoms with E-state index < -0.39 is 11.2 Å². The molecule has 1 heterocycles. The van der Waals surface area contributed by atoms with Gasteiger partial charge in [0.2, 0.25) is 0 Å². The number of esters is 1. The molecule has 3 rings (SSSR count). The van der Waals surface area contributed by atoms with Gasteiger partial charge in [-0.15, -0.1) is 0 Å². The number of imidazole rings is 1. The van der Waals surface area contributed by atoms with E-state index >= 15 is 0 Å². The van der Waals surface area contributed by atoms with Crippen LogP contribution in [0, 0.1) is 5.41 Å². The summed E-state index contributed by atoms with van der Waals surface area (Å²) in [6, 6.07) is 13.1. The van der Waals surface area contributed by atoms with E-state index in [0.717, 1.165) is 22.5 Å². The number of methoxy groups -OCH3 is 1. The summed E-state index contributed by atoms with van der Waals surface area (Å²) in [7, 11) is 1.36. The first-order valence-corrected chi connectivity index (χ1v) is 10.5. The molecule has 2 aromatic carbocycles. The molecule has 1 aromatic heterocycles. The van der Waals surface area contributed by atoms with Gasteiger partial charge in [-0.05, 0) is 28.4 Å². The van der Waals surface area contributed by atoms with E-state index in [2.05, 4.69) is 9.72 Å². The van der Waals surface area contributed by atoms with Crippen LogP contribution in [-0.4, -0.2) is 39.3 Å². The average molecular weight is 410 g/mol. The lowest BCUT2D eigenvalue weighted by molar-refractivity contribution is -0.140. The Morgan fingerprint density at radius 3 is 2.55 bits per heavy atom. The largest absolute Gasteiger partial charge is 0.612 e. The van der Waals surface area contributed by atoms with Crippen molar-refractivity contribution in [1.82, 2.24) is 9.55 Å². The molecule has 0 spiro atoms. The molecule has 0 aliphatic rings. The summed E-state index contributed by atoms with van der Waals surface area (Å²) in [4.78, 5) is 16.3. The first kappa shape index (κ1) is 20.6. The average Bonchev–Trinajstić information content (AvgIpc) is 3.20. The SMILES string of the molecule is COC(=O)CCc1cn(-c2ccc(-c3ccc(C(=N)N)cc3)cc2[S+](C)[O-])cn1. The molecule has 29 heavy (non-hydrogen) atoms. The summed E-state index contributed by atoms with van der Waals surface area (Å²) in [6.07, 6.45) is 5.85. The van der Waals surface area contributed by atoms with Crippen molar-refractivity contribution in [3.8, 4) is 16.8 Å². The lowest BCUT2D eigenvalue weighted by atomic mass is 10.0. The molecule has 0 amide bonds. The van der Waals surface area contributed by atoms with Crippen LogP contribution in [0.2, 0.25) is 0 Å². The van der Waals surface area contributed by atoms with Crippen molar-refractivity contribution in [2.45, 2.75) is 17.7 Å². The Hall–Kier alpha value is -3.10. The highest BCUT2D eigenvalue weighted by atomic mass is 32.2. The molecule has 3 aromatic rings. The van der Waals surface area contributed by atoms with Crippen LogP contribution in [0.4, 0.5) is 0 Å². The number of rotatable bonds is 7. The number of ether oxygens (including phenoxy) is 1. The highest BCUT2D eigenvalue weighted by Crippen LogP contribution is 2.28. The van der Waals surface area contributed by atoms with Crippen molar-refractivity contribution < 1.29 is 14.1 Å². The molecule has 1 atom stereocenters. The van der Waals surface area contributed by atoms with Gasteiger partial charge in [-0.1, -0.05) is 30.3 Å². The molecule has 0 aliphatic heterocycles. The van der Waals surface area contributed by atoms with Crippen LogP contribution in [0.5, 0.6) is 0 Å². The highest BCUT2D eigenvalue weighted by Gasteiger charge is 2.16. The Kier molecular flexibility index (Phi) is 6.36. The van der Waals surface area contributed by atoms with Crippen molar-refractivity contribution in [3.63, 3.8) is 0 Å². The third kappa shape index (κ3) is 4.85. The van der Waals surface area contributed by atoms with Gasteiger partial charge in [-0.2, -0.15) is 0 Å². The molecule has 0 aliphatic carbocycles. The predicted molar refractivity (Wildman–Crippen MR) is 113 cm³/mol. The molecule has 0 bridgehead atoms.